The molecule has 0 amide bonds. The lowest BCUT2D eigenvalue weighted by molar-refractivity contribution is 1.08. The molecule has 0 unspecified atom stereocenters. The molecular weight excluding hydrogens is 166 g/mol. The SMILES string of the molecule is Cc1cc[nH]c(=O)c1-c1ccn[nH]1. The van der Waals surface area contributed by atoms with Crippen molar-refractivity contribution in [2.24, 2.45) is 0 Å². The van der Waals surface area contributed by atoms with Crippen molar-refractivity contribution in [1.29, 1.82) is 0 Å². The van der Waals surface area contributed by atoms with Gasteiger partial charge in [0.15, 0.2) is 0 Å². The summed E-state index contributed by atoms with van der Waals surface area (Å²) < 4.78 is 0. The van der Waals surface area contributed by atoms with E-state index in [2.05, 4.69) is 15.2 Å². The first kappa shape index (κ1) is 7.79. The van der Waals surface area contributed by atoms with Gasteiger partial charge in [-0.05, 0) is 24.6 Å². The van der Waals surface area contributed by atoms with Crippen LogP contribution in [-0.4, -0.2) is 15.2 Å². The highest BCUT2D eigenvalue weighted by molar-refractivity contribution is 5.61. The predicted octanol–water partition coefficient (Wildman–Crippen LogP) is 1.07. The van der Waals surface area contributed by atoms with E-state index in [-0.39, 0.29) is 5.56 Å². The van der Waals surface area contributed by atoms with Crippen LogP contribution in [0.25, 0.3) is 11.3 Å². The standard InChI is InChI=1S/C9H9N3O/c1-6-2-4-10-9(13)8(6)7-3-5-11-12-7/h2-5H,1H3,(H,10,13)(H,11,12). The molecule has 0 aliphatic rings. The average Bonchev–Trinajstić information content (AvgIpc) is 2.57. The Balaban J connectivity index is 2.71. The van der Waals surface area contributed by atoms with Crippen molar-refractivity contribution >= 4 is 0 Å². The van der Waals surface area contributed by atoms with Crippen molar-refractivity contribution in [2.45, 2.75) is 6.92 Å². The number of hydrogen-bond acceptors (Lipinski definition) is 2. The van der Waals surface area contributed by atoms with Gasteiger partial charge in [0.25, 0.3) is 5.56 Å². The molecule has 0 atom stereocenters. The highest BCUT2D eigenvalue weighted by Crippen LogP contribution is 2.14. The number of nitrogens with one attached hydrogen (secondary N) is 2. The number of aromatic amines is 2. The molecule has 66 valence electrons. The lowest BCUT2D eigenvalue weighted by Gasteiger charge is -1.99. The zero-order valence-electron chi connectivity index (χ0n) is 7.16. The highest BCUT2D eigenvalue weighted by atomic mass is 16.1. The minimum absolute atomic E-state index is 0.0933. The van der Waals surface area contributed by atoms with E-state index in [0.29, 0.717) is 5.56 Å². The maximum absolute atomic E-state index is 11.4. The van der Waals surface area contributed by atoms with Crippen molar-refractivity contribution in [2.75, 3.05) is 0 Å². The fourth-order valence-corrected chi connectivity index (χ4v) is 1.31. The molecule has 13 heavy (non-hydrogen) atoms. The Kier molecular flexibility index (Phi) is 1.73. The molecule has 4 nitrogen and oxygen atoms in total. The van der Waals surface area contributed by atoms with Crippen LogP contribution in [0.1, 0.15) is 5.56 Å². The second-order valence-electron chi connectivity index (χ2n) is 2.84. The first-order valence-electron chi connectivity index (χ1n) is 3.97. The third-order valence-electron chi connectivity index (χ3n) is 1.94. The maximum atomic E-state index is 11.4. The number of hydrogen-bond donors (Lipinski definition) is 2. The van der Waals surface area contributed by atoms with Crippen molar-refractivity contribution in [3.63, 3.8) is 0 Å². The Morgan fingerprint density at radius 2 is 2.23 bits per heavy atom. The molecule has 0 spiro atoms. The average molecular weight is 175 g/mol. The number of H-pyrrole nitrogens is 2. The van der Waals surface area contributed by atoms with Gasteiger partial charge in [-0.3, -0.25) is 9.89 Å². The number of aromatic nitrogens is 3. The first-order valence-corrected chi connectivity index (χ1v) is 3.97. The molecule has 0 aromatic carbocycles. The Hall–Kier alpha value is -1.84. The normalized spacial score (nSPS) is 10.2. The van der Waals surface area contributed by atoms with Crippen LogP contribution in [0.3, 0.4) is 0 Å². The second kappa shape index (κ2) is 2.90. The maximum Gasteiger partial charge on any atom is 0.257 e. The van der Waals surface area contributed by atoms with E-state index in [1.165, 1.54) is 0 Å². The summed E-state index contributed by atoms with van der Waals surface area (Å²) in [6, 6.07) is 3.63. The molecule has 0 aliphatic heterocycles. The van der Waals surface area contributed by atoms with Crippen LogP contribution in [0.15, 0.2) is 29.3 Å². The minimum atomic E-state index is -0.0933. The molecule has 2 heterocycles. The molecule has 4 heteroatoms. The third kappa shape index (κ3) is 1.26. The van der Waals surface area contributed by atoms with Gasteiger partial charge in [0.2, 0.25) is 0 Å². The van der Waals surface area contributed by atoms with Gasteiger partial charge in [-0.1, -0.05) is 0 Å². The van der Waals surface area contributed by atoms with Crippen molar-refractivity contribution in [3.05, 3.63) is 40.4 Å². The van der Waals surface area contributed by atoms with Crippen molar-refractivity contribution < 1.29 is 0 Å². The van der Waals surface area contributed by atoms with E-state index in [0.717, 1.165) is 11.3 Å². The molecule has 2 rings (SSSR count). The van der Waals surface area contributed by atoms with Crippen LogP contribution in [0.5, 0.6) is 0 Å². The van der Waals surface area contributed by atoms with Crippen molar-refractivity contribution in [1.82, 2.24) is 15.2 Å². The van der Waals surface area contributed by atoms with Crippen LogP contribution in [0.4, 0.5) is 0 Å². The fourth-order valence-electron chi connectivity index (χ4n) is 1.31. The van der Waals surface area contributed by atoms with Crippen LogP contribution < -0.4 is 5.56 Å². The smallest absolute Gasteiger partial charge is 0.257 e. The monoisotopic (exact) mass is 175 g/mol. The lowest BCUT2D eigenvalue weighted by Crippen LogP contribution is -2.09. The van der Waals surface area contributed by atoms with Gasteiger partial charge in [-0.25, -0.2) is 0 Å². The Morgan fingerprint density at radius 1 is 1.38 bits per heavy atom. The van der Waals surface area contributed by atoms with E-state index < -0.39 is 0 Å². The largest absolute Gasteiger partial charge is 0.329 e. The van der Waals surface area contributed by atoms with Crippen LogP contribution in [-0.2, 0) is 0 Å². The summed E-state index contributed by atoms with van der Waals surface area (Å²) in [7, 11) is 0. The summed E-state index contributed by atoms with van der Waals surface area (Å²) in [5.74, 6) is 0. The van der Waals surface area contributed by atoms with Gasteiger partial charge in [-0.2, -0.15) is 5.10 Å². The molecule has 0 saturated carbocycles. The van der Waals surface area contributed by atoms with Gasteiger partial charge in [0.05, 0.1) is 11.3 Å². The zero-order chi connectivity index (χ0) is 9.26. The molecule has 0 fully saturated rings. The molecular formula is C9H9N3O. The Labute approximate surface area is 74.6 Å². The lowest BCUT2D eigenvalue weighted by atomic mass is 10.1. The van der Waals surface area contributed by atoms with Crippen LogP contribution in [0.2, 0.25) is 0 Å². The summed E-state index contributed by atoms with van der Waals surface area (Å²) in [6.45, 7) is 1.89. The topological polar surface area (TPSA) is 61.5 Å². The summed E-state index contributed by atoms with van der Waals surface area (Å²) in [5, 5.41) is 6.57. The summed E-state index contributed by atoms with van der Waals surface area (Å²) in [5.41, 5.74) is 2.25. The molecule has 2 aromatic heterocycles. The van der Waals surface area contributed by atoms with Crippen LogP contribution in [0, 0.1) is 6.92 Å². The van der Waals surface area contributed by atoms with Gasteiger partial charge >= 0.3 is 0 Å². The van der Waals surface area contributed by atoms with Crippen LogP contribution >= 0.6 is 0 Å². The minimum Gasteiger partial charge on any atom is -0.329 e. The van der Waals surface area contributed by atoms with E-state index in [9.17, 15) is 4.79 Å². The quantitative estimate of drug-likeness (QED) is 0.681. The summed E-state index contributed by atoms with van der Waals surface area (Å²) in [6.07, 6.45) is 3.26. The van der Waals surface area contributed by atoms with Gasteiger partial charge in [0, 0.05) is 12.4 Å². The Bertz CT molecular complexity index is 456. The molecule has 2 N–H and O–H groups in total. The van der Waals surface area contributed by atoms with E-state index in [1.807, 2.05) is 13.0 Å². The van der Waals surface area contributed by atoms with E-state index >= 15 is 0 Å². The number of rotatable bonds is 1. The second-order valence-corrected chi connectivity index (χ2v) is 2.84. The summed E-state index contributed by atoms with van der Waals surface area (Å²) >= 11 is 0. The van der Waals surface area contributed by atoms with Crippen molar-refractivity contribution in [3.8, 4) is 11.3 Å². The fraction of sp³-hybridized carbons (Fsp3) is 0.111. The predicted molar refractivity (Wildman–Crippen MR) is 49.4 cm³/mol. The number of aryl methyl sites for hydroxylation is 1. The zero-order valence-corrected chi connectivity index (χ0v) is 7.16. The van der Waals surface area contributed by atoms with Gasteiger partial charge in [0.1, 0.15) is 0 Å². The van der Waals surface area contributed by atoms with Gasteiger partial charge < -0.3 is 4.98 Å². The van der Waals surface area contributed by atoms with Gasteiger partial charge in [-0.15, -0.1) is 0 Å². The number of pyridine rings is 1. The highest BCUT2D eigenvalue weighted by Gasteiger charge is 2.06. The molecule has 2 aromatic rings. The summed E-state index contributed by atoms with van der Waals surface area (Å²) in [4.78, 5) is 14.1. The molecule has 0 radical (unpaired) electrons. The molecule has 0 bridgehead atoms. The first-order chi connectivity index (χ1) is 6.29. The molecule has 0 saturated heterocycles. The van der Waals surface area contributed by atoms with E-state index in [4.69, 9.17) is 0 Å². The number of nitrogens with zero attached hydrogens (tertiary/aromatic N) is 1. The third-order valence-corrected chi connectivity index (χ3v) is 1.94. The molecule has 0 aliphatic carbocycles. The Morgan fingerprint density at radius 3 is 2.85 bits per heavy atom. The van der Waals surface area contributed by atoms with E-state index in [1.54, 1.807) is 18.5 Å².